The number of hydrogen-bond donors (Lipinski definition) is 2. The van der Waals surface area contributed by atoms with Gasteiger partial charge in [-0.2, -0.15) is 0 Å². The number of halogens is 1. The van der Waals surface area contributed by atoms with Crippen LogP contribution >= 0.6 is 15.9 Å². The van der Waals surface area contributed by atoms with Crippen LogP contribution in [0.3, 0.4) is 0 Å². The third kappa shape index (κ3) is 3.06. The quantitative estimate of drug-likeness (QED) is 0.622. The molecule has 1 aromatic carbocycles. The average Bonchev–Trinajstić information content (AvgIpc) is 2.02. The summed E-state index contributed by atoms with van der Waals surface area (Å²) in [6.45, 7) is 0. The molecule has 4 N–H and O–H groups in total. The zero-order valence-corrected chi connectivity index (χ0v) is 8.67. The Morgan fingerprint density at radius 1 is 1.23 bits per heavy atom. The minimum Gasteiger partial charge on any atom is -0.399 e. The van der Waals surface area contributed by atoms with Crippen molar-refractivity contribution in [1.29, 1.82) is 0 Å². The smallest absolute Gasteiger partial charge is 0.147 e. The lowest BCUT2D eigenvalue weighted by Crippen LogP contribution is -2.04. The highest BCUT2D eigenvalue weighted by Crippen LogP contribution is 2.14. The number of nitrogen functional groups attached to an aromatic ring is 2. The first kappa shape index (κ1) is 10.1. The number of hydrogen-bond acceptors (Lipinski definition) is 3. The maximum absolute atomic E-state index is 11.1. The number of Topliss-reactive ketones (excluding diaryl/α,β-unsaturated/α-hetero) is 1. The molecule has 4 heteroatoms. The standard InChI is InChI=1S/C9H11BrN2O/c10-5-9(13)3-6-1-7(11)4-8(12)2-6/h1-2,4H,3,5,11-12H2. The SMILES string of the molecule is Nc1cc(N)cc(CC(=O)CBr)c1. The fourth-order valence-corrected chi connectivity index (χ4v) is 1.32. The summed E-state index contributed by atoms with van der Waals surface area (Å²) in [4.78, 5) is 11.1. The predicted octanol–water partition coefficient (Wildman–Crippen LogP) is 1.36. The molecule has 0 heterocycles. The molecule has 3 nitrogen and oxygen atoms in total. The predicted molar refractivity (Wildman–Crippen MR) is 57.8 cm³/mol. The van der Waals surface area contributed by atoms with Gasteiger partial charge >= 0.3 is 0 Å². The molecule has 0 amide bonds. The maximum atomic E-state index is 11.1. The lowest BCUT2D eigenvalue weighted by molar-refractivity contribution is -0.115. The van der Waals surface area contributed by atoms with Crippen molar-refractivity contribution >= 4 is 33.1 Å². The number of anilines is 2. The van der Waals surface area contributed by atoms with E-state index in [0.717, 1.165) is 5.56 Å². The minimum absolute atomic E-state index is 0.116. The van der Waals surface area contributed by atoms with Crippen LogP contribution in [0, 0.1) is 0 Å². The highest BCUT2D eigenvalue weighted by Gasteiger charge is 2.02. The van der Waals surface area contributed by atoms with Gasteiger partial charge in [0.2, 0.25) is 0 Å². The Balaban J connectivity index is 2.83. The first-order valence-electron chi connectivity index (χ1n) is 3.84. The molecule has 0 aliphatic carbocycles. The summed E-state index contributed by atoms with van der Waals surface area (Å²) in [6.07, 6.45) is 0.375. The maximum Gasteiger partial charge on any atom is 0.147 e. The Bertz CT molecular complexity index is 305. The van der Waals surface area contributed by atoms with E-state index in [1.54, 1.807) is 18.2 Å². The molecular formula is C9H11BrN2O. The van der Waals surface area contributed by atoms with E-state index in [1.165, 1.54) is 0 Å². The van der Waals surface area contributed by atoms with Gasteiger partial charge in [0, 0.05) is 17.8 Å². The largest absolute Gasteiger partial charge is 0.399 e. The molecule has 0 spiro atoms. The van der Waals surface area contributed by atoms with Crippen LogP contribution in [-0.4, -0.2) is 11.1 Å². The molecule has 1 rings (SSSR count). The van der Waals surface area contributed by atoms with Gasteiger partial charge in [-0.1, -0.05) is 15.9 Å². The molecule has 0 aromatic heterocycles. The highest BCUT2D eigenvalue weighted by molar-refractivity contribution is 9.09. The van der Waals surface area contributed by atoms with E-state index in [4.69, 9.17) is 11.5 Å². The Labute approximate surface area is 85.2 Å². The normalized spacial score (nSPS) is 9.92. The second-order valence-electron chi connectivity index (χ2n) is 2.86. The number of nitrogens with two attached hydrogens (primary N) is 2. The molecule has 0 fully saturated rings. The van der Waals surface area contributed by atoms with Crippen LogP contribution in [-0.2, 0) is 11.2 Å². The van der Waals surface area contributed by atoms with Crippen molar-refractivity contribution in [2.24, 2.45) is 0 Å². The van der Waals surface area contributed by atoms with Gasteiger partial charge in [0.25, 0.3) is 0 Å². The monoisotopic (exact) mass is 242 g/mol. The van der Waals surface area contributed by atoms with Gasteiger partial charge < -0.3 is 11.5 Å². The summed E-state index contributed by atoms with van der Waals surface area (Å²) < 4.78 is 0. The van der Waals surface area contributed by atoms with Crippen molar-refractivity contribution in [3.63, 3.8) is 0 Å². The lowest BCUT2D eigenvalue weighted by atomic mass is 10.1. The Morgan fingerprint density at radius 2 is 1.77 bits per heavy atom. The van der Waals surface area contributed by atoms with Crippen LogP contribution in [0.1, 0.15) is 5.56 Å². The molecule has 0 radical (unpaired) electrons. The molecule has 1 aromatic rings. The molecule has 0 atom stereocenters. The Morgan fingerprint density at radius 3 is 2.23 bits per heavy atom. The van der Waals surface area contributed by atoms with Gasteiger partial charge in [-0.15, -0.1) is 0 Å². The number of ketones is 1. The number of rotatable bonds is 3. The Hall–Kier alpha value is -1.03. The summed E-state index contributed by atoms with van der Waals surface area (Å²) in [5.74, 6) is 0.116. The van der Waals surface area contributed by atoms with Crippen LogP contribution in [0.5, 0.6) is 0 Å². The first-order valence-corrected chi connectivity index (χ1v) is 4.96. The van der Waals surface area contributed by atoms with E-state index in [0.29, 0.717) is 23.1 Å². The average molecular weight is 243 g/mol. The number of carbonyl (C=O) groups excluding carboxylic acids is 1. The highest BCUT2D eigenvalue weighted by atomic mass is 79.9. The molecule has 13 heavy (non-hydrogen) atoms. The summed E-state index contributed by atoms with van der Waals surface area (Å²) in [7, 11) is 0. The third-order valence-electron chi connectivity index (χ3n) is 1.59. The van der Waals surface area contributed by atoms with Gasteiger partial charge in [0.15, 0.2) is 0 Å². The zero-order chi connectivity index (χ0) is 9.84. The van der Waals surface area contributed by atoms with Gasteiger partial charge in [0.1, 0.15) is 5.78 Å². The van der Waals surface area contributed by atoms with Crippen LogP contribution in [0.15, 0.2) is 18.2 Å². The van der Waals surface area contributed by atoms with E-state index in [9.17, 15) is 4.79 Å². The van der Waals surface area contributed by atoms with Crippen molar-refractivity contribution in [3.8, 4) is 0 Å². The van der Waals surface area contributed by atoms with Crippen molar-refractivity contribution in [3.05, 3.63) is 23.8 Å². The fourth-order valence-electron chi connectivity index (χ4n) is 1.12. The topological polar surface area (TPSA) is 69.1 Å². The van der Waals surface area contributed by atoms with Crippen molar-refractivity contribution in [2.45, 2.75) is 6.42 Å². The van der Waals surface area contributed by atoms with Gasteiger partial charge in [0.05, 0.1) is 5.33 Å². The molecule has 0 aliphatic rings. The van der Waals surface area contributed by atoms with Gasteiger partial charge in [-0.05, 0) is 23.8 Å². The van der Waals surface area contributed by atoms with E-state index >= 15 is 0 Å². The van der Waals surface area contributed by atoms with Crippen LogP contribution in [0.25, 0.3) is 0 Å². The van der Waals surface area contributed by atoms with Gasteiger partial charge in [-0.25, -0.2) is 0 Å². The first-order chi connectivity index (χ1) is 6.11. The summed E-state index contributed by atoms with van der Waals surface area (Å²) in [5, 5.41) is 0.363. The van der Waals surface area contributed by atoms with Crippen molar-refractivity contribution in [2.75, 3.05) is 16.8 Å². The van der Waals surface area contributed by atoms with E-state index in [-0.39, 0.29) is 5.78 Å². The zero-order valence-electron chi connectivity index (χ0n) is 7.09. The Kier molecular flexibility index (Phi) is 3.31. The van der Waals surface area contributed by atoms with E-state index in [2.05, 4.69) is 15.9 Å². The lowest BCUT2D eigenvalue weighted by Gasteiger charge is -2.02. The van der Waals surface area contributed by atoms with Gasteiger partial charge in [-0.3, -0.25) is 4.79 Å². The second kappa shape index (κ2) is 4.28. The summed E-state index contributed by atoms with van der Waals surface area (Å²) in [5.41, 5.74) is 13.2. The molecule has 0 saturated carbocycles. The molecule has 70 valence electrons. The minimum atomic E-state index is 0.116. The molecule has 0 saturated heterocycles. The van der Waals surface area contributed by atoms with Crippen molar-refractivity contribution in [1.82, 2.24) is 0 Å². The summed E-state index contributed by atoms with van der Waals surface area (Å²) >= 11 is 3.10. The van der Waals surface area contributed by atoms with E-state index < -0.39 is 0 Å². The third-order valence-corrected chi connectivity index (χ3v) is 2.21. The van der Waals surface area contributed by atoms with E-state index in [1.807, 2.05) is 0 Å². The fraction of sp³-hybridized carbons (Fsp3) is 0.222. The molecule has 0 unspecified atom stereocenters. The molecular weight excluding hydrogens is 232 g/mol. The molecule has 0 bridgehead atoms. The number of benzene rings is 1. The van der Waals surface area contributed by atoms with Crippen LogP contribution in [0.4, 0.5) is 11.4 Å². The van der Waals surface area contributed by atoms with Crippen LogP contribution in [0.2, 0.25) is 0 Å². The summed E-state index contributed by atoms with van der Waals surface area (Å²) in [6, 6.07) is 5.19. The van der Waals surface area contributed by atoms with Crippen LogP contribution < -0.4 is 11.5 Å². The van der Waals surface area contributed by atoms with Crippen molar-refractivity contribution < 1.29 is 4.79 Å². The second-order valence-corrected chi connectivity index (χ2v) is 3.42. The molecule has 0 aliphatic heterocycles. The number of alkyl halides is 1. The number of carbonyl (C=O) groups is 1.